The van der Waals surface area contributed by atoms with Gasteiger partial charge in [-0.05, 0) is 30.5 Å². The number of hydrogen-bond acceptors (Lipinski definition) is 4. The van der Waals surface area contributed by atoms with Crippen LogP contribution in [0.2, 0.25) is 0 Å². The first kappa shape index (κ1) is 14.3. The molecule has 4 nitrogen and oxygen atoms in total. The van der Waals surface area contributed by atoms with Crippen molar-refractivity contribution in [2.45, 2.75) is 38.5 Å². The van der Waals surface area contributed by atoms with Gasteiger partial charge in [-0.1, -0.05) is 25.5 Å². The third-order valence-electron chi connectivity index (χ3n) is 3.16. The lowest BCUT2D eigenvalue weighted by Gasteiger charge is -2.17. The summed E-state index contributed by atoms with van der Waals surface area (Å²) in [4.78, 5) is 0. The molecule has 1 fully saturated rings. The summed E-state index contributed by atoms with van der Waals surface area (Å²) >= 11 is 0. The highest BCUT2D eigenvalue weighted by Gasteiger charge is 2.23. The van der Waals surface area contributed by atoms with Gasteiger partial charge in [-0.2, -0.15) is 0 Å². The summed E-state index contributed by atoms with van der Waals surface area (Å²) in [6.07, 6.45) is 2.72. The SMILES string of the molecule is CCCCOc1ccc(C[C@H](N)C2OCCO2)cc1. The van der Waals surface area contributed by atoms with Gasteiger partial charge in [0.2, 0.25) is 0 Å². The van der Waals surface area contributed by atoms with Crippen LogP contribution in [-0.2, 0) is 15.9 Å². The van der Waals surface area contributed by atoms with Crippen LogP contribution >= 0.6 is 0 Å². The van der Waals surface area contributed by atoms with E-state index in [0.717, 1.165) is 31.6 Å². The Morgan fingerprint density at radius 2 is 1.95 bits per heavy atom. The van der Waals surface area contributed by atoms with Crippen LogP contribution in [0, 0.1) is 0 Å². The van der Waals surface area contributed by atoms with Crippen molar-refractivity contribution in [3.63, 3.8) is 0 Å². The third-order valence-corrected chi connectivity index (χ3v) is 3.16. The normalized spacial score (nSPS) is 17.6. The number of unbranched alkanes of at least 4 members (excludes halogenated alkanes) is 1. The van der Waals surface area contributed by atoms with Crippen molar-refractivity contribution in [3.05, 3.63) is 29.8 Å². The van der Waals surface area contributed by atoms with Crippen LogP contribution in [0.25, 0.3) is 0 Å². The fourth-order valence-corrected chi connectivity index (χ4v) is 2.05. The summed E-state index contributed by atoms with van der Waals surface area (Å²) in [5.74, 6) is 0.916. The number of hydrogen-bond donors (Lipinski definition) is 1. The molecule has 0 aliphatic carbocycles. The Morgan fingerprint density at radius 3 is 2.58 bits per heavy atom. The summed E-state index contributed by atoms with van der Waals surface area (Å²) in [5, 5.41) is 0. The summed E-state index contributed by atoms with van der Waals surface area (Å²) in [7, 11) is 0. The summed E-state index contributed by atoms with van der Waals surface area (Å²) in [6, 6.07) is 7.98. The van der Waals surface area contributed by atoms with Crippen LogP contribution in [0.4, 0.5) is 0 Å². The van der Waals surface area contributed by atoms with Crippen molar-refractivity contribution in [2.24, 2.45) is 5.73 Å². The van der Waals surface area contributed by atoms with Crippen molar-refractivity contribution in [2.75, 3.05) is 19.8 Å². The molecule has 1 atom stereocenters. The van der Waals surface area contributed by atoms with Gasteiger partial charge in [-0.15, -0.1) is 0 Å². The van der Waals surface area contributed by atoms with Gasteiger partial charge < -0.3 is 19.9 Å². The molecule has 0 radical (unpaired) electrons. The molecular weight excluding hydrogens is 242 g/mol. The van der Waals surface area contributed by atoms with E-state index in [2.05, 4.69) is 19.1 Å². The fraction of sp³-hybridized carbons (Fsp3) is 0.600. The number of rotatable bonds is 7. The van der Waals surface area contributed by atoms with Gasteiger partial charge in [0.05, 0.1) is 25.9 Å². The monoisotopic (exact) mass is 265 g/mol. The molecule has 0 unspecified atom stereocenters. The lowest BCUT2D eigenvalue weighted by atomic mass is 10.1. The lowest BCUT2D eigenvalue weighted by molar-refractivity contribution is -0.0585. The quantitative estimate of drug-likeness (QED) is 0.767. The van der Waals surface area contributed by atoms with Crippen LogP contribution in [0.5, 0.6) is 5.75 Å². The van der Waals surface area contributed by atoms with E-state index >= 15 is 0 Å². The summed E-state index contributed by atoms with van der Waals surface area (Å²) < 4.78 is 16.4. The second-order valence-corrected chi connectivity index (χ2v) is 4.82. The fourth-order valence-electron chi connectivity index (χ4n) is 2.05. The second kappa shape index (κ2) is 7.48. The van der Waals surface area contributed by atoms with Crippen molar-refractivity contribution < 1.29 is 14.2 Å². The van der Waals surface area contributed by atoms with E-state index in [1.54, 1.807) is 0 Å². The highest BCUT2D eigenvalue weighted by atomic mass is 16.7. The molecule has 19 heavy (non-hydrogen) atoms. The Hall–Kier alpha value is -1.10. The molecule has 106 valence electrons. The topological polar surface area (TPSA) is 53.7 Å². The van der Waals surface area contributed by atoms with Gasteiger partial charge in [-0.25, -0.2) is 0 Å². The molecule has 1 heterocycles. The largest absolute Gasteiger partial charge is 0.494 e. The van der Waals surface area contributed by atoms with E-state index in [-0.39, 0.29) is 12.3 Å². The Labute approximate surface area is 114 Å². The Morgan fingerprint density at radius 1 is 1.26 bits per heavy atom. The predicted molar refractivity (Wildman–Crippen MR) is 74.2 cm³/mol. The van der Waals surface area contributed by atoms with Crippen molar-refractivity contribution in [3.8, 4) is 5.75 Å². The highest BCUT2D eigenvalue weighted by Crippen LogP contribution is 2.16. The third kappa shape index (κ3) is 4.49. The first-order valence-corrected chi connectivity index (χ1v) is 7.00. The van der Waals surface area contributed by atoms with E-state index in [4.69, 9.17) is 19.9 Å². The van der Waals surface area contributed by atoms with Gasteiger partial charge in [-0.3, -0.25) is 0 Å². The second-order valence-electron chi connectivity index (χ2n) is 4.82. The van der Waals surface area contributed by atoms with Gasteiger partial charge in [0.25, 0.3) is 0 Å². The first-order valence-electron chi connectivity index (χ1n) is 7.00. The van der Waals surface area contributed by atoms with Crippen LogP contribution in [0.1, 0.15) is 25.3 Å². The molecule has 1 aromatic rings. The maximum atomic E-state index is 6.07. The van der Waals surface area contributed by atoms with Crippen molar-refractivity contribution >= 4 is 0 Å². The molecule has 0 spiro atoms. The Bertz CT molecular complexity index is 360. The average molecular weight is 265 g/mol. The minimum absolute atomic E-state index is 0.116. The maximum Gasteiger partial charge on any atom is 0.173 e. The van der Waals surface area contributed by atoms with E-state index in [0.29, 0.717) is 13.2 Å². The molecule has 0 aromatic heterocycles. The van der Waals surface area contributed by atoms with Crippen LogP contribution in [0.3, 0.4) is 0 Å². The summed E-state index contributed by atoms with van der Waals surface area (Å²) in [5.41, 5.74) is 7.24. The molecule has 1 aromatic carbocycles. The lowest BCUT2D eigenvalue weighted by Crippen LogP contribution is -2.37. The van der Waals surface area contributed by atoms with E-state index < -0.39 is 0 Å². The van der Waals surface area contributed by atoms with Gasteiger partial charge in [0, 0.05) is 0 Å². The molecule has 4 heteroatoms. The minimum atomic E-state index is -0.263. The number of ether oxygens (including phenoxy) is 3. The van der Waals surface area contributed by atoms with Gasteiger partial charge >= 0.3 is 0 Å². The zero-order valence-corrected chi connectivity index (χ0v) is 11.5. The minimum Gasteiger partial charge on any atom is -0.494 e. The van der Waals surface area contributed by atoms with Crippen molar-refractivity contribution in [1.29, 1.82) is 0 Å². The van der Waals surface area contributed by atoms with Crippen LogP contribution in [-0.4, -0.2) is 32.2 Å². The van der Waals surface area contributed by atoms with Crippen molar-refractivity contribution in [1.82, 2.24) is 0 Å². The van der Waals surface area contributed by atoms with E-state index in [9.17, 15) is 0 Å². The highest BCUT2D eigenvalue weighted by molar-refractivity contribution is 5.27. The van der Waals surface area contributed by atoms with E-state index in [1.807, 2.05) is 12.1 Å². The average Bonchev–Trinajstić information content (AvgIpc) is 2.95. The number of benzene rings is 1. The molecule has 0 saturated carbocycles. The Kier molecular flexibility index (Phi) is 5.63. The zero-order chi connectivity index (χ0) is 13.5. The molecule has 2 rings (SSSR count). The molecular formula is C15H23NO3. The summed E-state index contributed by atoms with van der Waals surface area (Å²) in [6.45, 7) is 4.21. The first-order chi connectivity index (χ1) is 9.29. The van der Waals surface area contributed by atoms with Gasteiger partial charge in [0.15, 0.2) is 6.29 Å². The molecule has 1 aliphatic heterocycles. The number of nitrogens with two attached hydrogens (primary N) is 1. The smallest absolute Gasteiger partial charge is 0.173 e. The van der Waals surface area contributed by atoms with E-state index in [1.165, 1.54) is 5.56 Å². The predicted octanol–water partition coefficient (Wildman–Crippen LogP) is 2.11. The van der Waals surface area contributed by atoms with Crippen LogP contribution in [0.15, 0.2) is 24.3 Å². The molecule has 2 N–H and O–H groups in total. The molecule has 0 bridgehead atoms. The van der Waals surface area contributed by atoms with Crippen LogP contribution < -0.4 is 10.5 Å². The molecule has 1 aliphatic rings. The zero-order valence-electron chi connectivity index (χ0n) is 11.5. The molecule has 1 saturated heterocycles. The Balaban J connectivity index is 1.80. The standard InChI is InChI=1S/C15H23NO3/c1-2-3-8-17-13-6-4-12(5-7-13)11-14(16)15-18-9-10-19-15/h4-7,14-15H,2-3,8-11,16H2,1H3/t14-/m0/s1. The van der Waals surface area contributed by atoms with Gasteiger partial charge in [0.1, 0.15) is 5.75 Å². The molecule has 0 amide bonds. The maximum absolute atomic E-state index is 6.07.